The number of nitriles is 6. The van der Waals surface area contributed by atoms with Gasteiger partial charge in [-0.15, -0.1) is 0 Å². The lowest BCUT2D eigenvalue weighted by molar-refractivity contribution is 0.0592. The average Bonchev–Trinajstić information content (AvgIpc) is 0.849. The lowest BCUT2D eigenvalue weighted by Gasteiger charge is -2.32. The van der Waals surface area contributed by atoms with Crippen molar-refractivity contribution in [1.82, 2.24) is 9.80 Å². The molecule has 14 heteroatoms. The van der Waals surface area contributed by atoms with E-state index in [4.69, 9.17) is 9.47 Å². The van der Waals surface area contributed by atoms with Gasteiger partial charge in [0.15, 0.2) is 22.7 Å². The predicted octanol–water partition coefficient (Wildman–Crippen LogP) is 16.9. The first-order valence-electron chi connectivity index (χ1n) is 30.9. The summed E-state index contributed by atoms with van der Waals surface area (Å²) in [6.07, 6.45) is 18.8. The maximum Gasteiger partial charge on any atom is 0.261 e. The van der Waals surface area contributed by atoms with Gasteiger partial charge in [0.25, 0.3) is 23.6 Å². The molecule has 444 valence electrons. The number of hydrogen-bond acceptors (Lipinski definition) is 12. The minimum Gasteiger partial charge on any atom is -0.480 e. The molecule has 4 aliphatic rings. The summed E-state index contributed by atoms with van der Waals surface area (Å²) < 4.78 is 12.0. The van der Waals surface area contributed by atoms with Crippen molar-refractivity contribution in [1.29, 1.82) is 31.6 Å². The minimum absolute atomic E-state index is 0.0612. The van der Waals surface area contributed by atoms with Crippen LogP contribution in [0.5, 0.6) is 0 Å². The summed E-state index contributed by atoms with van der Waals surface area (Å²) in [4.78, 5) is 63.2. The van der Waals surface area contributed by atoms with Crippen LogP contribution in [0.25, 0.3) is 77.5 Å². The lowest BCUT2D eigenvalue weighted by atomic mass is 9.77. The molecular formula is C76H64N8O6. The van der Waals surface area contributed by atoms with E-state index >= 15 is 9.59 Å². The maximum atomic E-state index is 15.3. The molecule has 0 atom stereocenters. The molecule has 0 fully saturated rings. The second-order valence-corrected chi connectivity index (χ2v) is 24.4. The lowest BCUT2D eigenvalue weighted by Crippen LogP contribution is -2.41. The van der Waals surface area contributed by atoms with Gasteiger partial charge in [-0.2, -0.15) is 31.6 Å². The third kappa shape index (κ3) is 10.4. The normalized spacial score (nSPS) is 15.7. The van der Waals surface area contributed by atoms with Gasteiger partial charge >= 0.3 is 0 Å². The molecular weight excluding hydrogens is 1120 g/mol. The topological polar surface area (TPSA) is 236 Å². The van der Waals surface area contributed by atoms with E-state index in [0.717, 1.165) is 97.2 Å². The molecule has 0 unspecified atom stereocenters. The monoisotopic (exact) mass is 1180 g/mol. The Morgan fingerprint density at radius 3 is 1.10 bits per heavy atom. The minimum atomic E-state index is -1.03. The van der Waals surface area contributed by atoms with E-state index in [2.05, 4.69) is 26.0 Å². The summed E-state index contributed by atoms with van der Waals surface area (Å²) in [5, 5.41) is 64.5. The number of rotatable bonds is 20. The van der Waals surface area contributed by atoms with Gasteiger partial charge in [-0.25, -0.2) is 0 Å². The van der Waals surface area contributed by atoms with Crippen LogP contribution in [0.15, 0.2) is 142 Å². The van der Waals surface area contributed by atoms with Crippen molar-refractivity contribution in [2.75, 3.05) is 13.1 Å². The first-order chi connectivity index (χ1) is 43.5. The molecule has 0 bridgehead atoms. The molecule has 4 aliphatic heterocycles. The Bertz CT molecular complexity index is 4390. The van der Waals surface area contributed by atoms with Crippen molar-refractivity contribution < 1.29 is 28.7 Å². The number of benzene rings is 7. The summed E-state index contributed by atoms with van der Waals surface area (Å²) in [5.41, 5.74) is 4.42. The zero-order chi connectivity index (χ0) is 63.8. The Labute approximate surface area is 523 Å². The standard InChI is InChI=1S/C76H64N8O6/c1-7-9-11-13-15-17-35-83-71(85)53-31-29-51-64-56(48-27-21-46(22-28-48)24-34-62-60(44-82)70(50(41-79)42-80)90-76(62,5)6)38-58-66-54(72(86)84(74(58)88)36-18-16-14-12-10-8-2)32-30-52(68(64)66)63-55(37-57(73(83)87)65(53)67(51)63)47-25-19-45(20-26-47)23-33-61-59(43-81)69(49(39-77)40-78)89-75(61,3)4/h19-34,37-38H,7-18,35-36H2,1-6H3/b33-23+,34-24+. The first-order valence-corrected chi connectivity index (χ1v) is 30.9. The van der Waals surface area contributed by atoms with E-state index in [1.54, 1.807) is 39.8 Å². The molecule has 0 saturated heterocycles. The molecule has 4 heterocycles. The number of amides is 4. The van der Waals surface area contributed by atoms with E-state index in [1.165, 1.54) is 9.80 Å². The molecule has 0 radical (unpaired) electrons. The zero-order valence-corrected chi connectivity index (χ0v) is 51.3. The number of imide groups is 2. The molecule has 0 saturated carbocycles. The molecule has 0 aliphatic carbocycles. The van der Waals surface area contributed by atoms with Gasteiger partial charge in [0, 0.05) is 57.3 Å². The Morgan fingerprint density at radius 1 is 0.411 bits per heavy atom. The molecule has 4 amide bonds. The van der Waals surface area contributed by atoms with Gasteiger partial charge in [0.2, 0.25) is 0 Å². The highest BCUT2D eigenvalue weighted by Crippen LogP contribution is 2.52. The molecule has 7 aromatic carbocycles. The van der Waals surface area contributed by atoms with Crippen LogP contribution in [-0.4, -0.2) is 57.7 Å². The second kappa shape index (κ2) is 24.7. The second-order valence-electron chi connectivity index (χ2n) is 24.4. The van der Waals surface area contributed by atoms with E-state index < -0.39 is 23.0 Å². The summed E-state index contributed by atoms with van der Waals surface area (Å²) in [6, 6.07) is 38.4. The van der Waals surface area contributed by atoms with Crippen LogP contribution in [0.1, 0.15) is 171 Å². The highest BCUT2D eigenvalue weighted by atomic mass is 16.5. The average molecular weight is 1190 g/mol. The summed E-state index contributed by atoms with van der Waals surface area (Å²) in [6.45, 7) is 11.9. The fraction of sp³-hybridized carbons (Fsp3) is 0.289. The zero-order valence-electron chi connectivity index (χ0n) is 51.3. The van der Waals surface area contributed by atoms with E-state index in [0.29, 0.717) is 89.7 Å². The van der Waals surface area contributed by atoms with Gasteiger partial charge in [-0.05, 0) is 131 Å². The van der Waals surface area contributed by atoms with Crippen molar-refractivity contribution in [3.8, 4) is 58.7 Å². The molecule has 0 aromatic heterocycles. The number of carbonyl (C=O) groups is 4. The van der Waals surface area contributed by atoms with Crippen LogP contribution in [0.2, 0.25) is 0 Å². The van der Waals surface area contributed by atoms with Crippen LogP contribution in [0, 0.1) is 68.0 Å². The van der Waals surface area contributed by atoms with E-state index in [1.807, 2.05) is 121 Å². The number of hydrogen-bond donors (Lipinski definition) is 0. The van der Waals surface area contributed by atoms with Crippen LogP contribution < -0.4 is 0 Å². The third-order valence-electron chi connectivity index (χ3n) is 17.9. The number of allylic oxidation sites excluding steroid dienone is 4. The fourth-order valence-electron chi connectivity index (χ4n) is 13.4. The predicted molar refractivity (Wildman–Crippen MR) is 346 cm³/mol. The molecule has 90 heavy (non-hydrogen) atoms. The SMILES string of the molecule is CCCCCCCCN1C(=O)c2ccc3c4c(-c5ccc(/C=C/C6=C(C#N)C(=C(C#N)C#N)OC6(C)C)cc5)cc5c6c(ccc(c7c(-c8ccc(/C=C/C9=C(C#N)C(=C(C#N)C#N)OC9(C)C)cc8)cc(c2c37)C1=O)c64)C(=O)N(CCCCCCCC)C5=O. The molecule has 0 spiro atoms. The van der Waals surface area contributed by atoms with Crippen molar-refractivity contribution in [3.63, 3.8) is 0 Å². The summed E-state index contributed by atoms with van der Waals surface area (Å²) in [5.74, 6) is -1.66. The van der Waals surface area contributed by atoms with Crippen molar-refractivity contribution >= 4 is 78.9 Å². The molecule has 0 N–H and O–H groups in total. The number of unbranched alkanes of at least 4 members (excludes halogenated alkanes) is 10. The van der Waals surface area contributed by atoms with E-state index in [9.17, 15) is 41.2 Å². The molecule has 7 aromatic rings. The highest BCUT2D eigenvalue weighted by Gasteiger charge is 2.42. The fourth-order valence-corrected chi connectivity index (χ4v) is 13.4. The molecule has 11 rings (SSSR count). The Kier molecular flexibility index (Phi) is 16.7. The highest BCUT2D eigenvalue weighted by molar-refractivity contribution is 6.44. The smallest absolute Gasteiger partial charge is 0.261 e. The molecule has 14 nitrogen and oxygen atoms in total. The van der Waals surface area contributed by atoms with Crippen LogP contribution in [0.3, 0.4) is 0 Å². The van der Waals surface area contributed by atoms with E-state index in [-0.39, 0.29) is 58.7 Å². The van der Waals surface area contributed by atoms with Gasteiger partial charge in [-0.1, -0.05) is 163 Å². The third-order valence-corrected chi connectivity index (χ3v) is 17.9. The van der Waals surface area contributed by atoms with Crippen molar-refractivity contribution in [2.24, 2.45) is 0 Å². The Balaban J connectivity index is 1.13. The van der Waals surface area contributed by atoms with Gasteiger partial charge in [0.1, 0.15) is 58.8 Å². The summed E-state index contributed by atoms with van der Waals surface area (Å²) in [7, 11) is 0. The number of fused-ring (bicyclic) bond motifs is 2. The first kappa shape index (κ1) is 60.8. The van der Waals surface area contributed by atoms with Gasteiger partial charge in [0.05, 0.1) is 0 Å². The quantitative estimate of drug-likeness (QED) is 0.0228. The van der Waals surface area contributed by atoms with Gasteiger partial charge in [-0.3, -0.25) is 29.0 Å². The number of ether oxygens (including phenoxy) is 2. The summed E-state index contributed by atoms with van der Waals surface area (Å²) >= 11 is 0. The van der Waals surface area contributed by atoms with Crippen LogP contribution >= 0.6 is 0 Å². The maximum absolute atomic E-state index is 15.3. The van der Waals surface area contributed by atoms with Crippen LogP contribution in [0.4, 0.5) is 0 Å². The number of nitrogens with zero attached hydrogens (tertiary/aromatic N) is 8. The van der Waals surface area contributed by atoms with Crippen molar-refractivity contribution in [3.05, 3.63) is 175 Å². The Morgan fingerprint density at radius 2 is 0.756 bits per heavy atom. The van der Waals surface area contributed by atoms with Crippen LogP contribution in [-0.2, 0) is 9.47 Å². The van der Waals surface area contributed by atoms with Crippen molar-refractivity contribution in [2.45, 2.75) is 130 Å². The number of carbonyl (C=O) groups excluding carboxylic acids is 4. The van der Waals surface area contributed by atoms with Gasteiger partial charge < -0.3 is 9.47 Å². The largest absolute Gasteiger partial charge is 0.480 e. The Hall–Kier alpha value is -10.9.